The summed E-state index contributed by atoms with van der Waals surface area (Å²) < 4.78 is 36.6. The van der Waals surface area contributed by atoms with Crippen LogP contribution in [0, 0.1) is 0 Å². The molecule has 1 rings (SSSR count). The van der Waals surface area contributed by atoms with Crippen LogP contribution >= 0.6 is 0 Å². The SMILES string of the molecule is FC(F)(F)c1cccc[c]1[Na].OB(O)O. The molecule has 1 aromatic carbocycles. The average Bonchev–Trinajstić information content (AvgIpc) is 2.01. The maximum absolute atomic E-state index is 12.1. The van der Waals surface area contributed by atoms with E-state index in [0.29, 0.717) is 30.7 Å². The Morgan fingerprint density at radius 2 is 1.47 bits per heavy atom. The van der Waals surface area contributed by atoms with E-state index in [1.165, 1.54) is 12.1 Å². The van der Waals surface area contributed by atoms with E-state index < -0.39 is 19.1 Å². The Hall–Kier alpha value is -0.0451. The Morgan fingerprint density at radius 3 is 1.73 bits per heavy atom. The molecular weight excluding hydrogens is 223 g/mol. The Balaban J connectivity index is 0.000000423. The van der Waals surface area contributed by atoms with Gasteiger partial charge < -0.3 is 15.1 Å². The van der Waals surface area contributed by atoms with Crippen LogP contribution in [0.25, 0.3) is 0 Å². The zero-order valence-corrected chi connectivity index (χ0v) is 9.86. The molecule has 0 radical (unpaired) electrons. The van der Waals surface area contributed by atoms with Crippen molar-refractivity contribution in [2.75, 3.05) is 0 Å². The van der Waals surface area contributed by atoms with Gasteiger partial charge >= 0.3 is 87.2 Å². The van der Waals surface area contributed by atoms with Gasteiger partial charge in [0, 0.05) is 0 Å². The summed E-state index contributed by atoms with van der Waals surface area (Å²) in [5.74, 6) is 0. The molecule has 1 aromatic rings. The third kappa shape index (κ3) is 6.94. The smallest absolute Gasteiger partial charge is 0.402 e. The van der Waals surface area contributed by atoms with Gasteiger partial charge in [-0.25, -0.2) is 0 Å². The van der Waals surface area contributed by atoms with Crippen molar-refractivity contribution in [3.63, 3.8) is 0 Å². The second-order valence-electron chi connectivity index (χ2n) is 2.66. The zero-order chi connectivity index (χ0) is 12.1. The zero-order valence-electron chi connectivity index (χ0n) is 7.86. The van der Waals surface area contributed by atoms with Crippen molar-refractivity contribution in [2.24, 2.45) is 0 Å². The van der Waals surface area contributed by atoms with Crippen molar-refractivity contribution in [2.45, 2.75) is 6.18 Å². The molecular formula is C7H7BF3NaO3. The Bertz CT molecular complexity index is 303. The monoisotopic (exact) mass is 230 g/mol. The summed E-state index contributed by atoms with van der Waals surface area (Å²) in [7, 11) is -2.17. The first-order valence-electron chi connectivity index (χ1n) is 3.92. The molecule has 0 amide bonds. The number of hydrogen-bond acceptors (Lipinski definition) is 3. The van der Waals surface area contributed by atoms with Crippen molar-refractivity contribution >= 4 is 38.1 Å². The van der Waals surface area contributed by atoms with Gasteiger partial charge in [0.05, 0.1) is 0 Å². The van der Waals surface area contributed by atoms with Gasteiger partial charge in [-0.2, -0.15) is 0 Å². The molecule has 0 saturated heterocycles. The molecule has 0 bridgehead atoms. The van der Waals surface area contributed by atoms with Gasteiger partial charge in [-0.3, -0.25) is 0 Å². The molecule has 3 N–H and O–H groups in total. The van der Waals surface area contributed by atoms with Crippen LogP contribution in [-0.2, 0) is 6.18 Å². The number of rotatable bonds is 0. The predicted molar refractivity (Wildman–Crippen MR) is 49.2 cm³/mol. The van der Waals surface area contributed by atoms with E-state index >= 15 is 0 Å². The number of alkyl halides is 3. The fraction of sp³-hybridized carbons (Fsp3) is 0.143. The van der Waals surface area contributed by atoms with Crippen LogP contribution in [0.2, 0.25) is 0 Å². The fourth-order valence-electron chi connectivity index (χ4n) is 0.891. The van der Waals surface area contributed by atoms with Crippen LogP contribution < -0.4 is 2.81 Å². The van der Waals surface area contributed by atoms with Gasteiger partial charge in [0.1, 0.15) is 0 Å². The van der Waals surface area contributed by atoms with E-state index in [0.717, 1.165) is 6.07 Å². The summed E-state index contributed by atoms with van der Waals surface area (Å²) in [6, 6.07) is 5.65. The minimum absolute atomic E-state index is 0.403. The second-order valence-corrected chi connectivity index (χ2v) is 3.74. The van der Waals surface area contributed by atoms with Gasteiger partial charge in [0.15, 0.2) is 0 Å². The summed E-state index contributed by atoms with van der Waals surface area (Å²) in [4.78, 5) is 0. The van der Waals surface area contributed by atoms with Gasteiger partial charge in [0.2, 0.25) is 0 Å². The summed E-state index contributed by atoms with van der Waals surface area (Å²) >= 11 is 0.436. The standard InChI is InChI=1S/C7H4F3.BH3O3.Na/c8-7(9,10)6-4-2-1-3-5-6;2-1(3)4;/h1-4H;2-4H;. The Labute approximate surface area is 102 Å². The fourth-order valence-corrected chi connectivity index (χ4v) is 1.53. The van der Waals surface area contributed by atoms with Crippen molar-refractivity contribution in [3.05, 3.63) is 29.8 Å². The minimum atomic E-state index is -4.18. The molecule has 8 heteroatoms. The number of benzene rings is 1. The van der Waals surface area contributed by atoms with Crippen LogP contribution in [-0.4, -0.2) is 50.3 Å². The van der Waals surface area contributed by atoms with E-state index in [4.69, 9.17) is 15.1 Å². The second kappa shape index (κ2) is 6.52. The van der Waals surface area contributed by atoms with Crippen LogP contribution in [0.15, 0.2) is 24.3 Å². The summed E-state index contributed by atoms with van der Waals surface area (Å²) in [6.45, 7) is 0. The molecule has 0 aliphatic carbocycles. The van der Waals surface area contributed by atoms with E-state index in [9.17, 15) is 13.2 Å². The molecule has 0 aliphatic rings. The molecule has 0 atom stereocenters. The maximum Gasteiger partial charge on any atom is 0.631 e. The summed E-state index contributed by atoms with van der Waals surface area (Å²) in [6.07, 6.45) is -4.18. The molecule has 0 saturated carbocycles. The molecule has 0 spiro atoms. The van der Waals surface area contributed by atoms with E-state index in [1.807, 2.05) is 0 Å². The third-order valence-electron chi connectivity index (χ3n) is 1.45. The van der Waals surface area contributed by atoms with Gasteiger partial charge in [0.25, 0.3) is 0 Å². The topological polar surface area (TPSA) is 60.7 Å². The average molecular weight is 230 g/mol. The third-order valence-corrected chi connectivity index (χ3v) is 2.32. The Morgan fingerprint density at radius 1 is 1.07 bits per heavy atom. The normalized spacial score (nSPS) is 10.4. The van der Waals surface area contributed by atoms with Crippen LogP contribution in [0.3, 0.4) is 0 Å². The van der Waals surface area contributed by atoms with Crippen molar-refractivity contribution in [1.82, 2.24) is 0 Å². The van der Waals surface area contributed by atoms with Crippen molar-refractivity contribution in [3.8, 4) is 0 Å². The first-order chi connectivity index (χ1) is 6.75. The summed E-state index contributed by atoms with van der Waals surface area (Å²) in [5.41, 5.74) is -0.494. The van der Waals surface area contributed by atoms with Crippen LogP contribution in [0.5, 0.6) is 0 Å². The quantitative estimate of drug-likeness (QED) is 0.524. The maximum atomic E-state index is 12.1. The summed E-state index contributed by atoms with van der Waals surface area (Å²) in [5, 5.41) is 21.5. The van der Waals surface area contributed by atoms with Crippen LogP contribution in [0.1, 0.15) is 5.56 Å². The largest absolute Gasteiger partial charge is 0.631 e. The van der Waals surface area contributed by atoms with Gasteiger partial charge in [-0.05, 0) is 0 Å². The van der Waals surface area contributed by atoms with Gasteiger partial charge in [-0.1, -0.05) is 0 Å². The van der Waals surface area contributed by atoms with Crippen molar-refractivity contribution < 1.29 is 28.2 Å². The van der Waals surface area contributed by atoms with E-state index in [-0.39, 0.29) is 0 Å². The first kappa shape index (κ1) is 15.0. The van der Waals surface area contributed by atoms with Crippen LogP contribution in [0.4, 0.5) is 13.2 Å². The molecule has 0 fully saturated rings. The van der Waals surface area contributed by atoms with Crippen molar-refractivity contribution in [1.29, 1.82) is 0 Å². The minimum Gasteiger partial charge on any atom is -0.402 e. The molecule has 15 heavy (non-hydrogen) atoms. The van der Waals surface area contributed by atoms with E-state index in [1.54, 1.807) is 6.07 Å². The molecule has 3 nitrogen and oxygen atoms in total. The number of hydrogen-bond donors (Lipinski definition) is 3. The molecule has 0 aromatic heterocycles. The molecule has 0 heterocycles. The predicted octanol–water partition coefficient (Wildman–Crippen LogP) is -0.553. The van der Waals surface area contributed by atoms with E-state index in [2.05, 4.69) is 0 Å². The molecule has 78 valence electrons. The Kier molecular flexibility index (Phi) is 6.50. The molecule has 0 unspecified atom stereocenters. The number of halogens is 3. The van der Waals surface area contributed by atoms with Gasteiger partial charge in [-0.15, -0.1) is 0 Å². The first-order valence-corrected chi connectivity index (χ1v) is 4.92. The molecule has 0 aliphatic heterocycles.